The average Bonchev–Trinajstić information content (AvgIpc) is 2.65. The standard InChI is InChI=1S/C10H13NOS/c1-2-6-11-7-5-9(12)10-4-3-8-13-10/h2-4,8,11H,1,5-7H2. The van der Waals surface area contributed by atoms with Crippen LogP contribution in [0, 0.1) is 0 Å². The number of rotatable bonds is 6. The molecule has 0 aromatic carbocycles. The minimum Gasteiger partial charge on any atom is -0.313 e. The molecule has 1 heterocycles. The minimum absolute atomic E-state index is 0.214. The first-order valence-corrected chi connectivity index (χ1v) is 5.11. The summed E-state index contributed by atoms with van der Waals surface area (Å²) in [6.07, 6.45) is 2.35. The molecule has 0 spiro atoms. The molecular formula is C10H13NOS. The molecule has 0 aliphatic heterocycles. The third kappa shape index (κ3) is 3.53. The van der Waals surface area contributed by atoms with Gasteiger partial charge in [-0.15, -0.1) is 17.9 Å². The molecule has 0 radical (unpaired) electrons. The maximum absolute atomic E-state index is 11.4. The van der Waals surface area contributed by atoms with Crippen molar-refractivity contribution in [1.29, 1.82) is 0 Å². The van der Waals surface area contributed by atoms with Crippen molar-refractivity contribution in [2.24, 2.45) is 0 Å². The number of nitrogens with one attached hydrogen (secondary N) is 1. The Morgan fingerprint density at radius 3 is 3.15 bits per heavy atom. The van der Waals surface area contributed by atoms with Crippen molar-refractivity contribution in [3.8, 4) is 0 Å². The summed E-state index contributed by atoms with van der Waals surface area (Å²) in [6, 6.07) is 3.76. The van der Waals surface area contributed by atoms with E-state index in [0.717, 1.165) is 18.0 Å². The SMILES string of the molecule is C=CCNCCC(=O)c1cccs1. The zero-order valence-corrected chi connectivity index (χ0v) is 8.27. The molecule has 0 aliphatic carbocycles. The zero-order chi connectivity index (χ0) is 9.52. The van der Waals surface area contributed by atoms with Gasteiger partial charge in [0.25, 0.3) is 0 Å². The lowest BCUT2D eigenvalue weighted by Gasteiger charge is -1.98. The molecule has 3 heteroatoms. The molecule has 0 aliphatic rings. The van der Waals surface area contributed by atoms with Gasteiger partial charge in [0.2, 0.25) is 0 Å². The topological polar surface area (TPSA) is 29.1 Å². The fourth-order valence-corrected chi connectivity index (χ4v) is 1.66. The number of Topliss-reactive ketones (excluding diaryl/α,β-unsaturated/α-hetero) is 1. The van der Waals surface area contributed by atoms with Gasteiger partial charge in [0.1, 0.15) is 0 Å². The van der Waals surface area contributed by atoms with Crippen molar-refractivity contribution in [3.63, 3.8) is 0 Å². The van der Waals surface area contributed by atoms with E-state index in [4.69, 9.17) is 0 Å². The Bertz CT molecular complexity index is 266. The van der Waals surface area contributed by atoms with Crippen LogP contribution in [-0.4, -0.2) is 18.9 Å². The van der Waals surface area contributed by atoms with E-state index in [0.29, 0.717) is 6.42 Å². The lowest BCUT2D eigenvalue weighted by molar-refractivity contribution is 0.0987. The molecule has 0 bridgehead atoms. The predicted molar refractivity (Wildman–Crippen MR) is 56.3 cm³/mol. The average molecular weight is 195 g/mol. The van der Waals surface area contributed by atoms with Gasteiger partial charge in [-0.2, -0.15) is 0 Å². The number of hydrogen-bond donors (Lipinski definition) is 1. The lowest BCUT2D eigenvalue weighted by atomic mass is 10.2. The molecular weight excluding hydrogens is 182 g/mol. The van der Waals surface area contributed by atoms with Crippen LogP contribution in [0.1, 0.15) is 16.1 Å². The Morgan fingerprint density at radius 1 is 1.69 bits per heavy atom. The molecule has 0 amide bonds. The largest absolute Gasteiger partial charge is 0.313 e. The Hall–Kier alpha value is -0.930. The molecule has 0 saturated carbocycles. The summed E-state index contributed by atoms with van der Waals surface area (Å²) in [5.41, 5.74) is 0. The molecule has 13 heavy (non-hydrogen) atoms. The van der Waals surface area contributed by atoms with Gasteiger partial charge < -0.3 is 5.32 Å². The van der Waals surface area contributed by atoms with Crippen LogP contribution in [0.25, 0.3) is 0 Å². The summed E-state index contributed by atoms with van der Waals surface area (Å²) in [6.45, 7) is 5.07. The van der Waals surface area contributed by atoms with Crippen molar-refractivity contribution < 1.29 is 4.79 Å². The van der Waals surface area contributed by atoms with E-state index in [1.807, 2.05) is 17.5 Å². The van der Waals surface area contributed by atoms with Crippen LogP contribution in [0.5, 0.6) is 0 Å². The van der Waals surface area contributed by atoms with Crippen LogP contribution < -0.4 is 5.32 Å². The quantitative estimate of drug-likeness (QED) is 0.428. The summed E-state index contributed by atoms with van der Waals surface area (Å²) < 4.78 is 0. The van der Waals surface area contributed by atoms with E-state index in [2.05, 4.69) is 11.9 Å². The van der Waals surface area contributed by atoms with Crippen molar-refractivity contribution >= 4 is 17.1 Å². The van der Waals surface area contributed by atoms with E-state index < -0.39 is 0 Å². The minimum atomic E-state index is 0.214. The lowest BCUT2D eigenvalue weighted by Crippen LogP contribution is -2.17. The van der Waals surface area contributed by atoms with Gasteiger partial charge in [-0.25, -0.2) is 0 Å². The number of ketones is 1. The van der Waals surface area contributed by atoms with Crippen LogP contribution >= 0.6 is 11.3 Å². The second-order valence-corrected chi connectivity index (χ2v) is 3.59. The monoisotopic (exact) mass is 195 g/mol. The number of thiophene rings is 1. The summed E-state index contributed by atoms with van der Waals surface area (Å²) in [4.78, 5) is 12.3. The van der Waals surface area contributed by atoms with Crippen molar-refractivity contribution in [2.75, 3.05) is 13.1 Å². The first-order chi connectivity index (χ1) is 6.34. The summed E-state index contributed by atoms with van der Waals surface area (Å²) in [7, 11) is 0. The highest BCUT2D eigenvalue weighted by Crippen LogP contribution is 2.10. The summed E-state index contributed by atoms with van der Waals surface area (Å²) in [5, 5.41) is 5.01. The number of hydrogen-bond acceptors (Lipinski definition) is 3. The second kappa shape index (κ2) is 5.67. The van der Waals surface area contributed by atoms with Gasteiger partial charge in [-0.05, 0) is 11.4 Å². The Morgan fingerprint density at radius 2 is 2.54 bits per heavy atom. The molecule has 2 nitrogen and oxygen atoms in total. The highest BCUT2D eigenvalue weighted by atomic mass is 32.1. The van der Waals surface area contributed by atoms with Gasteiger partial charge in [0.05, 0.1) is 4.88 Å². The third-order valence-corrected chi connectivity index (χ3v) is 2.52. The number of carbonyl (C=O) groups is 1. The molecule has 0 saturated heterocycles. The Balaban J connectivity index is 2.23. The highest BCUT2D eigenvalue weighted by molar-refractivity contribution is 7.12. The molecule has 1 aromatic heterocycles. The number of carbonyl (C=O) groups excluding carboxylic acids is 1. The van der Waals surface area contributed by atoms with E-state index in [9.17, 15) is 4.79 Å². The van der Waals surface area contributed by atoms with Crippen LogP contribution in [-0.2, 0) is 0 Å². The van der Waals surface area contributed by atoms with Crippen molar-refractivity contribution in [1.82, 2.24) is 5.32 Å². The van der Waals surface area contributed by atoms with E-state index >= 15 is 0 Å². The molecule has 1 rings (SSSR count). The van der Waals surface area contributed by atoms with Gasteiger partial charge in [-0.3, -0.25) is 4.79 Å². The van der Waals surface area contributed by atoms with Crippen molar-refractivity contribution in [2.45, 2.75) is 6.42 Å². The molecule has 0 atom stereocenters. The van der Waals surface area contributed by atoms with Crippen LogP contribution in [0.3, 0.4) is 0 Å². The fourth-order valence-electron chi connectivity index (χ4n) is 0.966. The van der Waals surface area contributed by atoms with Crippen LogP contribution in [0.15, 0.2) is 30.2 Å². The maximum Gasteiger partial charge on any atom is 0.174 e. The van der Waals surface area contributed by atoms with Crippen molar-refractivity contribution in [3.05, 3.63) is 35.0 Å². The highest BCUT2D eigenvalue weighted by Gasteiger charge is 2.04. The molecule has 1 N–H and O–H groups in total. The first kappa shape index (κ1) is 10.2. The van der Waals surface area contributed by atoms with Gasteiger partial charge in [-0.1, -0.05) is 12.1 Å². The molecule has 0 unspecified atom stereocenters. The Labute approximate surface area is 82.3 Å². The molecule has 1 aromatic rings. The van der Waals surface area contributed by atoms with Crippen LogP contribution in [0.2, 0.25) is 0 Å². The zero-order valence-electron chi connectivity index (χ0n) is 7.45. The summed E-state index contributed by atoms with van der Waals surface area (Å²) in [5.74, 6) is 0.214. The van der Waals surface area contributed by atoms with Gasteiger partial charge in [0, 0.05) is 19.5 Å². The second-order valence-electron chi connectivity index (χ2n) is 2.64. The van der Waals surface area contributed by atoms with Gasteiger partial charge in [0.15, 0.2) is 5.78 Å². The fraction of sp³-hybridized carbons (Fsp3) is 0.300. The van der Waals surface area contributed by atoms with E-state index in [1.54, 1.807) is 6.08 Å². The smallest absolute Gasteiger partial charge is 0.174 e. The van der Waals surface area contributed by atoms with Crippen LogP contribution in [0.4, 0.5) is 0 Å². The first-order valence-electron chi connectivity index (χ1n) is 4.23. The predicted octanol–water partition coefficient (Wildman–Crippen LogP) is 2.10. The van der Waals surface area contributed by atoms with Gasteiger partial charge >= 0.3 is 0 Å². The maximum atomic E-state index is 11.4. The molecule has 70 valence electrons. The Kier molecular flexibility index (Phi) is 4.43. The summed E-state index contributed by atoms with van der Waals surface area (Å²) >= 11 is 1.50. The molecule has 0 fully saturated rings. The third-order valence-electron chi connectivity index (χ3n) is 1.61. The normalized spacial score (nSPS) is 9.85. The van der Waals surface area contributed by atoms with E-state index in [-0.39, 0.29) is 5.78 Å². The van der Waals surface area contributed by atoms with E-state index in [1.165, 1.54) is 11.3 Å².